The Bertz CT molecular complexity index is 610. The topological polar surface area (TPSA) is 52.3 Å². The molecule has 1 unspecified atom stereocenters. The van der Waals surface area contributed by atoms with Crippen molar-refractivity contribution in [3.8, 4) is 0 Å². The second-order valence-corrected chi connectivity index (χ2v) is 5.26. The van der Waals surface area contributed by atoms with Crippen LogP contribution in [0.5, 0.6) is 0 Å². The number of esters is 1. The van der Waals surface area contributed by atoms with Gasteiger partial charge in [-0.2, -0.15) is 0 Å². The van der Waals surface area contributed by atoms with Crippen LogP contribution in [0.25, 0.3) is 0 Å². The highest BCUT2D eigenvalue weighted by molar-refractivity contribution is 5.84. The monoisotopic (exact) mass is 283 g/mol. The fourth-order valence-corrected chi connectivity index (χ4v) is 2.79. The predicted molar refractivity (Wildman–Crippen MR) is 84.1 cm³/mol. The van der Waals surface area contributed by atoms with Crippen LogP contribution < -0.4 is 5.73 Å². The third-order valence-corrected chi connectivity index (χ3v) is 3.93. The Kier molecular flexibility index (Phi) is 4.76. The van der Waals surface area contributed by atoms with E-state index < -0.39 is 5.41 Å². The summed E-state index contributed by atoms with van der Waals surface area (Å²) in [5, 5.41) is 0. The molecule has 0 bridgehead atoms. The second-order valence-electron chi connectivity index (χ2n) is 5.26. The van der Waals surface area contributed by atoms with Gasteiger partial charge in [-0.1, -0.05) is 54.6 Å². The van der Waals surface area contributed by atoms with Crippen LogP contribution in [0.3, 0.4) is 0 Å². The average molecular weight is 283 g/mol. The number of methoxy groups -OCH3 is 1. The average Bonchev–Trinajstić information content (AvgIpc) is 2.53. The molecule has 0 aliphatic rings. The van der Waals surface area contributed by atoms with Crippen LogP contribution >= 0.6 is 0 Å². The van der Waals surface area contributed by atoms with Crippen LogP contribution in [-0.4, -0.2) is 19.6 Å². The van der Waals surface area contributed by atoms with Crippen LogP contribution in [0, 0.1) is 6.92 Å². The highest BCUT2D eigenvalue weighted by atomic mass is 16.5. The third kappa shape index (κ3) is 2.98. The summed E-state index contributed by atoms with van der Waals surface area (Å²) in [5.41, 5.74) is 8.23. The molecule has 0 fully saturated rings. The number of nitrogens with two attached hydrogens (primary N) is 1. The van der Waals surface area contributed by atoms with Gasteiger partial charge in [-0.25, -0.2) is 0 Å². The molecule has 0 spiro atoms. The second kappa shape index (κ2) is 6.55. The molecule has 0 saturated carbocycles. The SMILES string of the molecule is COC(=O)C(CN)(Cc1ccccc1)c1ccccc1C. The summed E-state index contributed by atoms with van der Waals surface area (Å²) in [6.07, 6.45) is 0.530. The van der Waals surface area contributed by atoms with Gasteiger partial charge in [0.05, 0.1) is 7.11 Å². The fraction of sp³-hybridized carbons (Fsp3) is 0.278. The Morgan fingerprint density at radius 1 is 1.10 bits per heavy atom. The lowest BCUT2D eigenvalue weighted by atomic mass is 9.74. The van der Waals surface area contributed by atoms with E-state index in [-0.39, 0.29) is 12.5 Å². The van der Waals surface area contributed by atoms with E-state index >= 15 is 0 Å². The molecule has 2 aromatic carbocycles. The van der Waals surface area contributed by atoms with Crippen molar-refractivity contribution < 1.29 is 9.53 Å². The lowest BCUT2D eigenvalue weighted by Gasteiger charge is -2.31. The molecule has 2 aromatic rings. The first kappa shape index (κ1) is 15.3. The zero-order valence-corrected chi connectivity index (χ0v) is 12.5. The summed E-state index contributed by atoms with van der Waals surface area (Å²) < 4.78 is 5.07. The predicted octanol–water partition coefficient (Wildman–Crippen LogP) is 2.61. The first-order valence-electron chi connectivity index (χ1n) is 7.02. The highest BCUT2D eigenvalue weighted by Gasteiger charge is 2.41. The van der Waals surface area contributed by atoms with E-state index in [0.29, 0.717) is 6.42 Å². The molecule has 3 heteroatoms. The van der Waals surface area contributed by atoms with E-state index in [0.717, 1.165) is 16.7 Å². The summed E-state index contributed by atoms with van der Waals surface area (Å²) in [4.78, 5) is 12.5. The maximum Gasteiger partial charge on any atom is 0.317 e. The molecule has 0 amide bonds. The number of ether oxygens (including phenoxy) is 1. The summed E-state index contributed by atoms with van der Waals surface area (Å²) in [6.45, 7) is 2.20. The molecule has 0 radical (unpaired) electrons. The normalized spacial score (nSPS) is 13.5. The van der Waals surface area contributed by atoms with Crippen molar-refractivity contribution in [1.82, 2.24) is 0 Å². The van der Waals surface area contributed by atoms with Crippen LogP contribution in [0.4, 0.5) is 0 Å². The first-order chi connectivity index (χ1) is 10.1. The number of carbonyl (C=O) groups is 1. The van der Waals surface area contributed by atoms with Gasteiger partial charge in [-0.3, -0.25) is 4.79 Å². The Hall–Kier alpha value is -2.13. The van der Waals surface area contributed by atoms with E-state index in [9.17, 15) is 4.79 Å². The summed E-state index contributed by atoms with van der Waals surface area (Å²) in [6, 6.07) is 17.7. The molecule has 2 rings (SSSR count). The van der Waals surface area contributed by atoms with Crippen molar-refractivity contribution in [2.75, 3.05) is 13.7 Å². The molecule has 0 aliphatic heterocycles. The minimum Gasteiger partial charge on any atom is -0.468 e. The fourth-order valence-electron chi connectivity index (χ4n) is 2.79. The van der Waals surface area contributed by atoms with Gasteiger partial charge < -0.3 is 10.5 Å². The number of carbonyl (C=O) groups excluding carboxylic acids is 1. The van der Waals surface area contributed by atoms with Crippen LogP contribution in [0.2, 0.25) is 0 Å². The van der Waals surface area contributed by atoms with Gasteiger partial charge in [0, 0.05) is 6.54 Å². The summed E-state index contributed by atoms with van der Waals surface area (Å²) in [5.74, 6) is -0.289. The van der Waals surface area contributed by atoms with Gasteiger partial charge in [0.1, 0.15) is 5.41 Å². The molecule has 21 heavy (non-hydrogen) atoms. The van der Waals surface area contributed by atoms with Crippen molar-refractivity contribution in [2.45, 2.75) is 18.8 Å². The Morgan fingerprint density at radius 2 is 1.71 bits per heavy atom. The Balaban J connectivity index is 2.54. The molecular weight excluding hydrogens is 262 g/mol. The number of hydrogen-bond acceptors (Lipinski definition) is 3. The standard InChI is InChI=1S/C18H21NO2/c1-14-8-6-7-11-16(14)18(13-19,17(20)21-2)12-15-9-4-3-5-10-15/h3-11H,12-13,19H2,1-2H3. The van der Waals surface area contributed by atoms with Crippen LogP contribution in [-0.2, 0) is 21.4 Å². The molecule has 1 atom stereocenters. The molecular formula is C18H21NO2. The quantitative estimate of drug-likeness (QED) is 0.858. The molecule has 0 aliphatic carbocycles. The van der Waals surface area contributed by atoms with Crippen molar-refractivity contribution in [3.63, 3.8) is 0 Å². The third-order valence-electron chi connectivity index (χ3n) is 3.93. The van der Waals surface area contributed by atoms with Gasteiger partial charge >= 0.3 is 5.97 Å². The van der Waals surface area contributed by atoms with Gasteiger partial charge in [0.15, 0.2) is 0 Å². The van der Waals surface area contributed by atoms with Gasteiger partial charge in [-0.05, 0) is 30.0 Å². The zero-order valence-electron chi connectivity index (χ0n) is 12.5. The van der Waals surface area contributed by atoms with Gasteiger partial charge in [0.2, 0.25) is 0 Å². The van der Waals surface area contributed by atoms with Gasteiger partial charge in [-0.15, -0.1) is 0 Å². The maximum absolute atomic E-state index is 12.5. The molecule has 3 nitrogen and oxygen atoms in total. The summed E-state index contributed by atoms with van der Waals surface area (Å²) in [7, 11) is 1.41. The Morgan fingerprint density at radius 3 is 2.29 bits per heavy atom. The Labute approximate surface area is 125 Å². The van der Waals surface area contributed by atoms with Crippen molar-refractivity contribution in [2.24, 2.45) is 5.73 Å². The molecule has 0 aromatic heterocycles. The first-order valence-corrected chi connectivity index (χ1v) is 7.02. The van der Waals surface area contributed by atoms with Crippen molar-refractivity contribution in [3.05, 3.63) is 71.3 Å². The zero-order chi connectivity index (χ0) is 15.3. The smallest absolute Gasteiger partial charge is 0.317 e. The number of rotatable bonds is 5. The van der Waals surface area contributed by atoms with Crippen LogP contribution in [0.15, 0.2) is 54.6 Å². The van der Waals surface area contributed by atoms with E-state index in [1.165, 1.54) is 7.11 Å². The number of hydrogen-bond donors (Lipinski definition) is 1. The maximum atomic E-state index is 12.5. The molecule has 110 valence electrons. The highest BCUT2D eigenvalue weighted by Crippen LogP contribution is 2.31. The van der Waals surface area contributed by atoms with Gasteiger partial charge in [0.25, 0.3) is 0 Å². The van der Waals surface area contributed by atoms with E-state index in [2.05, 4.69) is 0 Å². The van der Waals surface area contributed by atoms with E-state index in [4.69, 9.17) is 10.5 Å². The van der Waals surface area contributed by atoms with Crippen LogP contribution in [0.1, 0.15) is 16.7 Å². The lowest BCUT2D eigenvalue weighted by molar-refractivity contribution is -0.147. The molecule has 0 heterocycles. The lowest BCUT2D eigenvalue weighted by Crippen LogP contribution is -2.46. The summed E-state index contributed by atoms with van der Waals surface area (Å²) >= 11 is 0. The van der Waals surface area contributed by atoms with Crippen molar-refractivity contribution >= 4 is 5.97 Å². The minimum atomic E-state index is -0.846. The van der Waals surface area contributed by atoms with E-state index in [1.807, 2.05) is 61.5 Å². The molecule has 2 N–H and O–H groups in total. The van der Waals surface area contributed by atoms with Crippen molar-refractivity contribution in [1.29, 1.82) is 0 Å². The largest absolute Gasteiger partial charge is 0.468 e. The number of benzene rings is 2. The van der Waals surface area contributed by atoms with E-state index in [1.54, 1.807) is 0 Å². The number of aryl methyl sites for hydroxylation is 1. The minimum absolute atomic E-state index is 0.208. The molecule has 0 saturated heterocycles.